The van der Waals surface area contributed by atoms with E-state index in [-0.39, 0.29) is 0 Å². The molecule has 0 amide bonds. The Labute approximate surface area is 259 Å². The first-order valence-electron chi connectivity index (χ1n) is 15.5. The molecule has 7 aromatic carbocycles. The Morgan fingerprint density at radius 2 is 1.11 bits per heavy atom. The molecule has 0 spiro atoms. The molecule has 1 aliphatic rings. The minimum atomic E-state index is 0.928. The summed E-state index contributed by atoms with van der Waals surface area (Å²) in [6, 6.07) is 57.6. The molecule has 0 atom stereocenters. The smallest absolute Gasteiger partial charge is 0.0540 e. The van der Waals surface area contributed by atoms with Crippen LogP contribution in [0.15, 0.2) is 164 Å². The predicted octanol–water partition coefficient (Wildman–Crippen LogP) is 11.4. The van der Waals surface area contributed by atoms with Crippen LogP contribution in [-0.4, -0.2) is 0 Å². The van der Waals surface area contributed by atoms with E-state index in [0.717, 1.165) is 19.3 Å². The van der Waals surface area contributed by atoms with Crippen molar-refractivity contribution in [2.45, 2.75) is 19.3 Å². The van der Waals surface area contributed by atoms with Gasteiger partial charge in [-0.25, -0.2) is 0 Å². The number of hydrogen-bond acceptors (Lipinski definition) is 1. The first-order valence-corrected chi connectivity index (χ1v) is 15.5. The molecule has 0 bridgehead atoms. The van der Waals surface area contributed by atoms with Crippen LogP contribution in [0.25, 0.3) is 38.4 Å². The maximum absolute atomic E-state index is 2.46. The first kappa shape index (κ1) is 26.2. The van der Waals surface area contributed by atoms with Crippen LogP contribution in [0.3, 0.4) is 0 Å². The third-order valence-corrected chi connectivity index (χ3v) is 8.98. The Kier molecular flexibility index (Phi) is 6.77. The second-order valence-corrected chi connectivity index (χ2v) is 11.7. The van der Waals surface area contributed by atoms with Gasteiger partial charge in [0.05, 0.1) is 5.69 Å². The number of benzene rings is 7. The van der Waals surface area contributed by atoms with Crippen molar-refractivity contribution < 1.29 is 0 Å². The molecule has 1 nitrogen and oxygen atoms in total. The van der Waals surface area contributed by atoms with E-state index in [1.165, 1.54) is 72.0 Å². The number of fused-ring (bicyclic) bond motifs is 3. The van der Waals surface area contributed by atoms with E-state index < -0.39 is 0 Å². The summed E-state index contributed by atoms with van der Waals surface area (Å²) in [6.07, 6.45) is 5.46. The molecule has 0 heterocycles. The molecule has 44 heavy (non-hydrogen) atoms. The normalized spacial score (nSPS) is 12.6. The SMILES string of the molecule is C1=C(N(c2ccc(-c3ccc(Cc4cccc5ccccc45)cc3)cc2)c2cccc3ccccc23)c2ccccc2CC1. The van der Waals surface area contributed by atoms with Crippen LogP contribution in [-0.2, 0) is 12.8 Å². The molecular weight excluding hydrogens is 530 g/mol. The summed E-state index contributed by atoms with van der Waals surface area (Å²) in [6.45, 7) is 0. The molecular formula is C43H33N. The number of rotatable bonds is 6. The van der Waals surface area contributed by atoms with Crippen LogP contribution in [0.1, 0.15) is 28.7 Å². The zero-order chi connectivity index (χ0) is 29.3. The lowest BCUT2D eigenvalue weighted by atomic mass is 9.92. The van der Waals surface area contributed by atoms with Gasteiger partial charge in [0.1, 0.15) is 0 Å². The first-order chi connectivity index (χ1) is 21.8. The Balaban J connectivity index is 1.14. The van der Waals surface area contributed by atoms with Crippen LogP contribution >= 0.6 is 0 Å². The van der Waals surface area contributed by atoms with Gasteiger partial charge >= 0.3 is 0 Å². The third-order valence-electron chi connectivity index (χ3n) is 8.98. The third kappa shape index (κ3) is 4.87. The standard InChI is InChI=1S/C43H33N/c1-4-17-39-34(10-1)13-7-16-37(39)30-31-22-24-32(25-23-31)33-26-28-38(29-27-33)44(42-20-8-14-35-11-2-5-18-40(35)42)43-21-9-15-36-12-3-6-19-41(36)43/h1-8,10-14,16-29H,9,15,30H2. The van der Waals surface area contributed by atoms with E-state index in [1.807, 2.05) is 0 Å². The Hall–Kier alpha value is -5.40. The highest BCUT2D eigenvalue weighted by molar-refractivity contribution is 6.02. The van der Waals surface area contributed by atoms with Crippen molar-refractivity contribution in [1.29, 1.82) is 0 Å². The predicted molar refractivity (Wildman–Crippen MR) is 187 cm³/mol. The number of nitrogens with zero attached hydrogens (tertiary/aromatic N) is 1. The van der Waals surface area contributed by atoms with Gasteiger partial charge in [-0.15, -0.1) is 0 Å². The zero-order valence-electron chi connectivity index (χ0n) is 24.7. The van der Waals surface area contributed by atoms with Crippen molar-refractivity contribution in [3.63, 3.8) is 0 Å². The summed E-state index contributed by atoms with van der Waals surface area (Å²) in [5, 5.41) is 5.14. The molecule has 0 radical (unpaired) electrons. The lowest BCUT2D eigenvalue weighted by Crippen LogP contribution is -2.19. The highest BCUT2D eigenvalue weighted by Crippen LogP contribution is 2.42. The van der Waals surface area contributed by atoms with Gasteiger partial charge in [0.15, 0.2) is 0 Å². The monoisotopic (exact) mass is 563 g/mol. The summed E-state index contributed by atoms with van der Waals surface area (Å²) in [4.78, 5) is 2.46. The summed E-state index contributed by atoms with van der Waals surface area (Å²) in [5.41, 5.74) is 11.5. The molecule has 0 aromatic heterocycles. The minimum absolute atomic E-state index is 0.928. The van der Waals surface area contributed by atoms with Gasteiger partial charge in [-0.2, -0.15) is 0 Å². The van der Waals surface area contributed by atoms with E-state index in [4.69, 9.17) is 0 Å². The fourth-order valence-corrected chi connectivity index (χ4v) is 6.77. The quantitative estimate of drug-likeness (QED) is 0.194. The van der Waals surface area contributed by atoms with Crippen molar-refractivity contribution in [2.75, 3.05) is 4.90 Å². The molecule has 7 aromatic rings. The van der Waals surface area contributed by atoms with Crippen LogP contribution in [0.4, 0.5) is 11.4 Å². The van der Waals surface area contributed by atoms with Gasteiger partial charge in [0.2, 0.25) is 0 Å². The average molecular weight is 564 g/mol. The number of anilines is 2. The highest BCUT2D eigenvalue weighted by Gasteiger charge is 2.22. The number of hydrogen-bond donors (Lipinski definition) is 0. The maximum Gasteiger partial charge on any atom is 0.0540 e. The fraction of sp³-hybridized carbons (Fsp3) is 0.0698. The van der Waals surface area contributed by atoms with Gasteiger partial charge < -0.3 is 4.90 Å². The maximum atomic E-state index is 2.46. The van der Waals surface area contributed by atoms with Crippen LogP contribution in [0.2, 0.25) is 0 Å². The lowest BCUT2D eigenvalue weighted by molar-refractivity contribution is 0.968. The summed E-state index contributed by atoms with van der Waals surface area (Å²) >= 11 is 0. The van der Waals surface area contributed by atoms with E-state index in [1.54, 1.807) is 0 Å². The molecule has 0 saturated heterocycles. The molecule has 0 unspecified atom stereocenters. The van der Waals surface area contributed by atoms with Crippen molar-refractivity contribution in [3.8, 4) is 11.1 Å². The second kappa shape index (κ2) is 11.4. The lowest BCUT2D eigenvalue weighted by Gasteiger charge is -2.32. The Morgan fingerprint density at radius 3 is 1.91 bits per heavy atom. The Morgan fingerprint density at radius 1 is 0.500 bits per heavy atom. The molecule has 210 valence electrons. The van der Waals surface area contributed by atoms with Gasteiger partial charge in [-0.3, -0.25) is 0 Å². The van der Waals surface area contributed by atoms with E-state index in [0.29, 0.717) is 0 Å². The van der Waals surface area contributed by atoms with Crippen molar-refractivity contribution in [1.82, 2.24) is 0 Å². The van der Waals surface area contributed by atoms with Crippen molar-refractivity contribution in [3.05, 3.63) is 186 Å². The van der Waals surface area contributed by atoms with E-state index >= 15 is 0 Å². The van der Waals surface area contributed by atoms with Crippen molar-refractivity contribution >= 4 is 38.6 Å². The molecule has 1 heteroatoms. The molecule has 1 aliphatic carbocycles. The Bertz CT molecular complexity index is 2120. The number of allylic oxidation sites excluding steroid dienone is 1. The largest absolute Gasteiger partial charge is 0.310 e. The molecule has 0 saturated carbocycles. The summed E-state index contributed by atoms with van der Waals surface area (Å²) in [7, 11) is 0. The van der Waals surface area contributed by atoms with Gasteiger partial charge in [-0.05, 0) is 81.4 Å². The number of aryl methyl sites for hydroxylation is 1. The van der Waals surface area contributed by atoms with Gasteiger partial charge in [0.25, 0.3) is 0 Å². The highest BCUT2D eigenvalue weighted by atomic mass is 15.2. The van der Waals surface area contributed by atoms with Gasteiger partial charge in [-0.1, -0.05) is 146 Å². The van der Waals surface area contributed by atoms with Crippen LogP contribution in [0.5, 0.6) is 0 Å². The van der Waals surface area contributed by atoms with Crippen LogP contribution < -0.4 is 4.90 Å². The molecule has 0 aliphatic heterocycles. The van der Waals surface area contributed by atoms with E-state index in [2.05, 4.69) is 169 Å². The minimum Gasteiger partial charge on any atom is -0.310 e. The topological polar surface area (TPSA) is 3.24 Å². The van der Waals surface area contributed by atoms with Gasteiger partial charge in [0, 0.05) is 22.3 Å². The zero-order valence-corrected chi connectivity index (χ0v) is 24.7. The summed E-state index contributed by atoms with van der Waals surface area (Å²) < 4.78 is 0. The second-order valence-electron chi connectivity index (χ2n) is 11.7. The van der Waals surface area contributed by atoms with Crippen molar-refractivity contribution in [2.24, 2.45) is 0 Å². The molecule has 0 N–H and O–H groups in total. The molecule has 0 fully saturated rings. The van der Waals surface area contributed by atoms with E-state index in [9.17, 15) is 0 Å². The fourth-order valence-electron chi connectivity index (χ4n) is 6.77. The summed E-state index contributed by atoms with van der Waals surface area (Å²) in [5.74, 6) is 0. The molecule has 8 rings (SSSR count). The average Bonchev–Trinajstić information content (AvgIpc) is 3.09. The van der Waals surface area contributed by atoms with Crippen LogP contribution in [0, 0.1) is 0 Å².